The summed E-state index contributed by atoms with van der Waals surface area (Å²) < 4.78 is 13.3. The number of H-pyrrole nitrogens is 1. The molecule has 2 aliphatic heterocycles. The summed E-state index contributed by atoms with van der Waals surface area (Å²) in [5.74, 6) is 0.705. The highest BCUT2D eigenvalue weighted by Crippen LogP contribution is 2.37. The molecule has 0 saturated carbocycles. The molecule has 3 nitrogen and oxygen atoms in total. The van der Waals surface area contributed by atoms with Crippen molar-refractivity contribution in [3.63, 3.8) is 0 Å². The highest BCUT2D eigenvalue weighted by molar-refractivity contribution is 5.69. The first-order valence-corrected chi connectivity index (χ1v) is 9.06. The molecule has 0 aliphatic carbocycles. The zero-order chi connectivity index (χ0) is 17.2. The second-order valence-corrected chi connectivity index (χ2v) is 7.15. The maximum absolute atomic E-state index is 13.3. The van der Waals surface area contributed by atoms with Gasteiger partial charge in [-0.15, -0.1) is 0 Å². The van der Waals surface area contributed by atoms with Crippen molar-refractivity contribution in [1.29, 1.82) is 0 Å². The minimum absolute atomic E-state index is 0.197. The number of aromatic nitrogens is 1. The molecule has 4 heteroatoms. The summed E-state index contributed by atoms with van der Waals surface area (Å²) in [4.78, 5) is 10.3. The number of benzene rings is 1. The van der Waals surface area contributed by atoms with E-state index >= 15 is 0 Å². The van der Waals surface area contributed by atoms with Gasteiger partial charge in [0.15, 0.2) is 0 Å². The zero-order valence-corrected chi connectivity index (χ0v) is 14.6. The van der Waals surface area contributed by atoms with Gasteiger partial charge in [0.25, 0.3) is 0 Å². The average molecular weight is 337 g/mol. The Balaban J connectivity index is 1.71. The van der Waals surface area contributed by atoms with Gasteiger partial charge in [-0.1, -0.05) is 6.08 Å². The standard InChI is InChI=1S/C21H24FN3/c1-25-12-8-16(9-13-25)20-14-19(15-6-10-23-11-7-15)21(24-20)17-2-4-18(22)5-3-17/h2-6,10-11,14-16,24H,7-9,12-13H2,1H3. The highest BCUT2D eigenvalue weighted by Gasteiger charge is 2.24. The van der Waals surface area contributed by atoms with Gasteiger partial charge in [-0.05, 0) is 80.9 Å². The fourth-order valence-corrected chi connectivity index (χ4v) is 3.88. The van der Waals surface area contributed by atoms with Gasteiger partial charge >= 0.3 is 0 Å². The van der Waals surface area contributed by atoms with Crippen LogP contribution in [0.1, 0.15) is 42.4 Å². The maximum Gasteiger partial charge on any atom is 0.123 e. The Labute approximate surface area is 148 Å². The van der Waals surface area contributed by atoms with Crippen LogP contribution in [-0.2, 0) is 0 Å². The molecule has 3 heterocycles. The molecule has 1 fully saturated rings. The molecule has 4 rings (SSSR count). The molecule has 1 atom stereocenters. The summed E-state index contributed by atoms with van der Waals surface area (Å²) in [6.45, 7) is 2.28. The van der Waals surface area contributed by atoms with Crippen molar-refractivity contribution in [2.45, 2.75) is 31.1 Å². The average Bonchev–Trinajstić information content (AvgIpc) is 3.09. The Morgan fingerprint density at radius 1 is 1.16 bits per heavy atom. The fourth-order valence-electron chi connectivity index (χ4n) is 3.88. The third-order valence-corrected chi connectivity index (χ3v) is 5.43. The summed E-state index contributed by atoms with van der Waals surface area (Å²) in [5, 5.41) is 0. The van der Waals surface area contributed by atoms with Crippen LogP contribution in [-0.4, -0.2) is 36.2 Å². The zero-order valence-electron chi connectivity index (χ0n) is 14.6. The number of rotatable bonds is 3. The number of nitrogens with zero attached hydrogens (tertiary/aromatic N) is 2. The van der Waals surface area contributed by atoms with Gasteiger partial charge in [0.2, 0.25) is 0 Å². The maximum atomic E-state index is 13.3. The second kappa shape index (κ2) is 6.96. The Kier molecular flexibility index (Phi) is 4.53. The van der Waals surface area contributed by atoms with Gasteiger partial charge in [0.05, 0.1) is 0 Å². The van der Waals surface area contributed by atoms with Crippen LogP contribution in [0.5, 0.6) is 0 Å². The van der Waals surface area contributed by atoms with Gasteiger partial charge in [-0.3, -0.25) is 4.99 Å². The van der Waals surface area contributed by atoms with Crippen LogP contribution in [0.4, 0.5) is 4.39 Å². The van der Waals surface area contributed by atoms with Gasteiger partial charge in [-0.2, -0.15) is 0 Å². The normalized spacial score (nSPS) is 21.8. The van der Waals surface area contributed by atoms with Gasteiger partial charge in [0.1, 0.15) is 5.82 Å². The van der Waals surface area contributed by atoms with Crippen LogP contribution in [0.25, 0.3) is 11.3 Å². The third kappa shape index (κ3) is 3.45. The van der Waals surface area contributed by atoms with E-state index in [0.717, 1.165) is 30.8 Å². The van der Waals surface area contributed by atoms with Gasteiger partial charge in [-0.25, -0.2) is 4.39 Å². The Hall–Kier alpha value is -2.20. The fraction of sp³-hybridized carbons (Fsp3) is 0.381. The summed E-state index contributed by atoms with van der Waals surface area (Å²) in [5.41, 5.74) is 4.78. The minimum Gasteiger partial charge on any atom is -0.358 e. The van der Waals surface area contributed by atoms with E-state index in [4.69, 9.17) is 0 Å². The largest absolute Gasteiger partial charge is 0.358 e. The van der Waals surface area contributed by atoms with E-state index in [1.54, 1.807) is 0 Å². The Morgan fingerprint density at radius 3 is 2.60 bits per heavy atom. The molecule has 2 aromatic rings. The molecule has 0 radical (unpaired) electrons. The molecule has 1 saturated heterocycles. The highest BCUT2D eigenvalue weighted by atomic mass is 19.1. The molecular weight excluding hydrogens is 313 g/mol. The van der Waals surface area contributed by atoms with Crippen LogP contribution in [0.15, 0.2) is 47.6 Å². The number of nitrogens with one attached hydrogen (secondary N) is 1. The lowest BCUT2D eigenvalue weighted by molar-refractivity contribution is 0.253. The predicted octanol–water partition coefficient (Wildman–Crippen LogP) is 4.70. The van der Waals surface area contributed by atoms with Crippen molar-refractivity contribution in [3.05, 3.63) is 59.7 Å². The Morgan fingerprint density at radius 2 is 1.92 bits per heavy atom. The molecule has 0 bridgehead atoms. The first kappa shape index (κ1) is 16.3. The Bertz CT molecular complexity index is 780. The smallest absolute Gasteiger partial charge is 0.123 e. The first-order chi connectivity index (χ1) is 12.2. The van der Waals surface area contributed by atoms with Crippen molar-refractivity contribution < 1.29 is 4.39 Å². The van der Waals surface area contributed by atoms with E-state index in [1.807, 2.05) is 24.5 Å². The molecule has 130 valence electrons. The van der Waals surface area contributed by atoms with Gasteiger partial charge < -0.3 is 9.88 Å². The van der Waals surface area contributed by atoms with E-state index in [0.29, 0.717) is 11.8 Å². The molecule has 1 unspecified atom stereocenters. The van der Waals surface area contributed by atoms with E-state index in [2.05, 4.69) is 34.1 Å². The van der Waals surface area contributed by atoms with Crippen LogP contribution < -0.4 is 0 Å². The summed E-state index contributed by atoms with van der Waals surface area (Å²) in [7, 11) is 2.19. The summed E-state index contributed by atoms with van der Waals surface area (Å²) in [6.07, 6.45) is 9.29. The number of aliphatic imine (C=N–C) groups is 1. The molecule has 2 aliphatic rings. The molecule has 0 spiro atoms. The number of aromatic amines is 1. The van der Waals surface area contributed by atoms with E-state index < -0.39 is 0 Å². The van der Waals surface area contributed by atoms with Crippen molar-refractivity contribution >= 4 is 6.21 Å². The van der Waals surface area contributed by atoms with Crippen LogP contribution in [0.2, 0.25) is 0 Å². The van der Waals surface area contributed by atoms with Crippen molar-refractivity contribution in [2.24, 2.45) is 4.99 Å². The van der Waals surface area contributed by atoms with E-state index in [9.17, 15) is 4.39 Å². The molecule has 1 N–H and O–H groups in total. The molecule has 1 aromatic carbocycles. The number of hydrogen-bond acceptors (Lipinski definition) is 2. The van der Waals surface area contributed by atoms with Crippen LogP contribution >= 0.6 is 0 Å². The van der Waals surface area contributed by atoms with E-state index in [-0.39, 0.29) is 5.82 Å². The SMILES string of the molecule is CN1CCC(c2cc(C3C=CN=CC3)c(-c3ccc(F)cc3)[nH]2)CC1. The van der Waals surface area contributed by atoms with Crippen molar-refractivity contribution in [3.8, 4) is 11.3 Å². The third-order valence-electron chi connectivity index (χ3n) is 5.43. The monoisotopic (exact) mass is 337 g/mol. The topological polar surface area (TPSA) is 31.4 Å². The summed E-state index contributed by atoms with van der Waals surface area (Å²) >= 11 is 0. The molecule has 1 aromatic heterocycles. The second-order valence-electron chi connectivity index (χ2n) is 7.15. The number of piperidine rings is 1. The lowest BCUT2D eigenvalue weighted by Crippen LogP contribution is -2.29. The first-order valence-electron chi connectivity index (χ1n) is 9.06. The summed E-state index contributed by atoms with van der Waals surface area (Å²) in [6, 6.07) is 9.14. The number of halogens is 1. The predicted molar refractivity (Wildman–Crippen MR) is 101 cm³/mol. The van der Waals surface area contributed by atoms with Gasteiger partial charge in [0, 0.05) is 35.6 Å². The minimum atomic E-state index is -0.197. The van der Waals surface area contributed by atoms with Crippen molar-refractivity contribution in [2.75, 3.05) is 20.1 Å². The molecule has 0 amide bonds. The van der Waals surface area contributed by atoms with Crippen LogP contribution in [0, 0.1) is 5.82 Å². The number of likely N-dealkylation sites (tertiary alicyclic amines) is 1. The van der Waals surface area contributed by atoms with Crippen LogP contribution in [0.3, 0.4) is 0 Å². The van der Waals surface area contributed by atoms with Crippen molar-refractivity contribution in [1.82, 2.24) is 9.88 Å². The molecular formula is C21H24FN3. The number of allylic oxidation sites excluding steroid dienone is 1. The lowest BCUT2D eigenvalue weighted by atomic mass is 9.90. The molecule has 25 heavy (non-hydrogen) atoms. The number of hydrogen-bond donors (Lipinski definition) is 1. The quantitative estimate of drug-likeness (QED) is 0.865. The van der Waals surface area contributed by atoms with E-state index in [1.165, 1.54) is 36.2 Å². The lowest BCUT2D eigenvalue weighted by Gasteiger charge is -2.28.